The van der Waals surface area contributed by atoms with Crippen molar-refractivity contribution in [3.05, 3.63) is 97.0 Å². The number of nitro benzene ring substituents is 1. The van der Waals surface area contributed by atoms with Crippen LogP contribution in [-0.2, 0) is 11.4 Å². The van der Waals surface area contributed by atoms with Gasteiger partial charge in [-0.2, -0.15) is 5.26 Å². The molecule has 0 aliphatic rings. The second-order valence-electron chi connectivity index (χ2n) is 7.54. The van der Waals surface area contributed by atoms with Crippen molar-refractivity contribution in [2.45, 2.75) is 20.5 Å². The smallest absolute Gasteiger partial charge is 0.271 e. The van der Waals surface area contributed by atoms with E-state index in [-0.39, 0.29) is 23.6 Å². The van der Waals surface area contributed by atoms with Crippen molar-refractivity contribution in [2.75, 3.05) is 11.9 Å². The largest absolute Gasteiger partial charge is 0.490 e. The highest BCUT2D eigenvalue weighted by molar-refractivity contribution is 6.35. The summed E-state index contributed by atoms with van der Waals surface area (Å²) < 4.78 is 11.6. The molecule has 0 saturated carbocycles. The third kappa shape index (κ3) is 6.75. The first-order valence-corrected chi connectivity index (χ1v) is 11.5. The number of amides is 1. The summed E-state index contributed by atoms with van der Waals surface area (Å²) in [5.41, 5.74) is 1.77. The van der Waals surface area contributed by atoms with E-state index >= 15 is 0 Å². The Labute approximate surface area is 217 Å². The molecule has 0 spiro atoms. The number of nitriles is 1. The number of hydrogen-bond donors (Lipinski definition) is 1. The minimum Gasteiger partial charge on any atom is -0.490 e. The summed E-state index contributed by atoms with van der Waals surface area (Å²) in [5.74, 6) is 0.176. The molecule has 10 heteroatoms. The van der Waals surface area contributed by atoms with Crippen molar-refractivity contribution in [2.24, 2.45) is 0 Å². The van der Waals surface area contributed by atoms with E-state index in [1.807, 2.05) is 13.0 Å². The van der Waals surface area contributed by atoms with Crippen LogP contribution in [0.4, 0.5) is 11.4 Å². The second-order valence-corrected chi connectivity index (χ2v) is 8.39. The van der Waals surface area contributed by atoms with E-state index in [4.69, 9.17) is 32.7 Å². The number of benzene rings is 3. The first-order valence-electron chi connectivity index (χ1n) is 10.7. The number of aryl methyl sites for hydroxylation is 1. The molecule has 1 amide bonds. The van der Waals surface area contributed by atoms with Gasteiger partial charge in [-0.05, 0) is 55.3 Å². The van der Waals surface area contributed by atoms with E-state index in [2.05, 4.69) is 5.32 Å². The van der Waals surface area contributed by atoms with Crippen molar-refractivity contribution in [3.8, 4) is 17.6 Å². The number of carbonyl (C=O) groups excluding carboxylic acids is 1. The maximum Gasteiger partial charge on any atom is 0.271 e. The van der Waals surface area contributed by atoms with Crippen LogP contribution in [0.1, 0.15) is 23.6 Å². The first-order chi connectivity index (χ1) is 17.2. The maximum atomic E-state index is 12.7. The van der Waals surface area contributed by atoms with Gasteiger partial charge in [0.15, 0.2) is 11.5 Å². The Morgan fingerprint density at radius 3 is 2.56 bits per heavy atom. The summed E-state index contributed by atoms with van der Waals surface area (Å²) in [6.07, 6.45) is 1.39. The molecule has 0 bridgehead atoms. The van der Waals surface area contributed by atoms with Crippen LogP contribution in [0.5, 0.6) is 11.5 Å². The topological polar surface area (TPSA) is 114 Å². The van der Waals surface area contributed by atoms with Gasteiger partial charge in [0, 0.05) is 27.7 Å². The van der Waals surface area contributed by atoms with Crippen molar-refractivity contribution in [1.82, 2.24) is 0 Å². The molecule has 0 atom stereocenters. The molecule has 3 rings (SSSR count). The molecule has 0 fully saturated rings. The van der Waals surface area contributed by atoms with Gasteiger partial charge < -0.3 is 14.8 Å². The molecule has 0 radical (unpaired) electrons. The number of carbonyl (C=O) groups is 1. The van der Waals surface area contributed by atoms with Crippen LogP contribution >= 0.6 is 23.2 Å². The quantitative estimate of drug-likeness (QED) is 0.143. The number of nitrogens with zero attached hydrogens (tertiary/aromatic N) is 2. The number of rotatable bonds is 9. The lowest BCUT2D eigenvalue weighted by Gasteiger charge is -2.13. The molecule has 184 valence electrons. The number of anilines is 1. The Bertz CT molecular complexity index is 1380. The highest BCUT2D eigenvalue weighted by Crippen LogP contribution is 2.31. The highest BCUT2D eigenvalue weighted by atomic mass is 35.5. The van der Waals surface area contributed by atoms with Gasteiger partial charge in [-0.1, -0.05) is 41.4 Å². The molecule has 0 aliphatic heterocycles. The summed E-state index contributed by atoms with van der Waals surface area (Å²) in [6, 6.07) is 16.1. The first kappa shape index (κ1) is 26.5. The van der Waals surface area contributed by atoms with E-state index in [9.17, 15) is 20.2 Å². The molecular weight excluding hydrogens is 505 g/mol. The lowest BCUT2D eigenvalue weighted by atomic mass is 10.1. The van der Waals surface area contributed by atoms with Gasteiger partial charge in [-0.3, -0.25) is 14.9 Å². The molecule has 0 heterocycles. The Morgan fingerprint density at radius 2 is 1.89 bits per heavy atom. The molecule has 0 saturated heterocycles. The van der Waals surface area contributed by atoms with E-state index in [1.165, 1.54) is 24.3 Å². The van der Waals surface area contributed by atoms with E-state index < -0.39 is 10.8 Å². The van der Waals surface area contributed by atoms with Crippen LogP contribution in [0.25, 0.3) is 6.08 Å². The molecule has 1 N–H and O–H groups in total. The number of nitro groups is 1. The van der Waals surface area contributed by atoms with Crippen LogP contribution in [-0.4, -0.2) is 17.4 Å². The van der Waals surface area contributed by atoms with Crippen molar-refractivity contribution in [3.63, 3.8) is 0 Å². The van der Waals surface area contributed by atoms with Gasteiger partial charge in [0.1, 0.15) is 18.2 Å². The lowest BCUT2D eigenvalue weighted by molar-refractivity contribution is -0.384. The van der Waals surface area contributed by atoms with E-state index in [0.29, 0.717) is 39.3 Å². The number of halogens is 2. The second kappa shape index (κ2) is 12.1. The predicted molar refractivity (Wildman–Crippen MR) is 138 cm³/mol. The molecule has 3 aromatic rings. The van der Waals surface area contributed by atoms with E-state index in [1.54, 1.807) is 43.3 Å². The predicted octanol–water partition coefficient (Wildman–Crippen LogP) is 6.73. The average Bonchev–Trinajstić information content (AvgIpc) is 2.84. The monoisotopic (exact) mass is 525 g/mol. The highest BCUT2D eigenvalue weighted by Gasteiger charge is 2.15. The van der Waals surface area contributed by atoms with Gasteiger partial charge in [0.05, 0.1) is 17.2 Å². The van der Waals surface area contributed by atoms with Crippen LogP contribution in [0, 0.1) is 28.4 Å². The zero-order chi connectivity index (χ0) is 26.2. The maximum absolute atomic E-state index is 12.7. The molecule has 0 unspecified atom stereocenters. The van der Waals surface area contributed by atoms with Gasteiger partial charge in [0.2, 0.25) is 0 Å². The fraction of sp³-hybridized carbons (Fsp3) is 0.154. The average molecular weight is 526 g/mol. The Kier molecular flexibility index (Phi) is 8.90. The summed E-state index contributed by atoms with van der Waals surface area (Å²) >= 11 is 12.1. The van der Waals surface area contributed by atoms with Crippen molar-refractivity contribution >= 4 is 46.6 Å². The normalized spacial score (nSPS) is 10.9. The molecule has 36 heavy (non-hydrogen) atoms. The van der Waals surface area contributed by atoms with Gasteiger partial charge >= 0.3 is 0 Å². The molecule has 0 aliphatic carbocycles. The summed E-state index contributed by atoms with van der Waals surface area (Å²) in [4.78, 5) is 23.2. The Hall–Kier alpha value is -4.06. The lowest BCUT2D eigenvalue weighted by Crippen LogP contribution is -2.14. The fourth-order valence-corrected chi connectivity index (χ4v) is 3.62. The molecule has 3 aromatic carbocycles. The van der Waals surface area contributed by atoms with Crippen LogP contribution < -0.4 is 14.8 Å². The number of hydrogen-bond acceptors (Lipinski definition) is 6. The minimum absolute atomic E-state index is 0.171. The van der Waals surface area contributed by atoms with Crippen molar-refractivity contribution < 1.29 is 19.2 Å². The number of nitrogens with one attached hydrogen (secondary N) is 1. The minimum atomic E-state index is -0.697. The molecule has 8 nitrogen and oxygen atoms in total. The zero-order valence-electron chi connectivity index (χ0n) is 19.4. The van der Waals surface area contributed by atoms with Crippen LogP contribution in [0.2, 0.25) is 10.0 Å². The van der Waals surface area contributed by atoms with Crippen LogP contribution in [0.15, 0.2) is 60.2 Å². The SMILES string of the molecule is CCOc1cc(/C=C(\C#N)C(=O)Nc2cc([N+](=O)[O-])ccc2C)ccc1OCc1ccc(Cl)cc1Cl. The summed E-state index contributed by atoms with van der Waals surface area (Å²) in [7, 11) is 0. The van der Waals surface area contributed by atoms with E-state index in [0.717, 1.165) is 5.56 Å². The third-order valence-electron chi connectivity index (χ3n) is 5.02. The van der Waals surface area contributed by atoms with Crippen molar-refractivity contribution in [1.29, 1.82) is 5.26 Å². The summed E-state index contributed by atoms with van der Waals surface area (Å²) in [5, 5.41) is 24.2. The molecular formula is C26H21Cl2N3O5. The van der Waals surface area contributed by atoms with Gasteiger partial charge in [-0.15, -0.1) is 0 Å². The van der Waals surface area contributed by atoms with Crippen LogP contribution in [0.3, 0.4) is 0 Å². The Morgan fingerprint density at radius 1 is 1.11 bits per heavy atom. The van der Waals surface area contributed by atoms with Gasteiger partial charge in [-0.25, -0.2) is 0 Å². The standard InChI is InChI=1S/C26H21Cl2N3O5/c1-3-35-25-11-17(5-9-24(25)36-15-18-6-7-20(27)12-22(18)28)10-19(14-29)26(32)30-23-13-21(31(33)34)8-4-16(23)2/h4-13H,3,15H2,1-2H3,(H,30,32)/b19-10+. The van der Waals surface area contributed by atoms with Gasteiger partial charge in [0.25, 0.3) is 11.6 Å². The zero-order valence-corrected chi connectivity index (χ0v) is 20.9. The number of non-ortho nitro benzene ring substituents is 1. The third-order valence-corrected chi connectivity index (χ3v) is 5.61. The number of ether oxygens (including phenoxy) is 2. The fourth-order valence-electron chi connectivity index (χ4n) is 3.16. The molecule has 0 aromatic heterocycles. The summed E-state index contributed by atoms with van der Waals surface area (Å²) in [6.45, 7) is 4.06. The Balaban J connectivity index is 1.82.